The number of Topliss-reactive ketones (excluding diaryl/α,β-unsaturated/α-hetero) is 1. The van der Waals surface area contributed by atoms with Gasteiger partial charge in [-0.1, -0.05) is 18.2 Å². The van der Waals surface area contributed by atoms with E-state index >= 15 is 0 Å². The fourth-order valence-corrected chi connectivity index (χ4v) is 5.00. The van der Waals surface area contributed by atoms with E-state index in [1.165, 1.54) is 23.5 Å². The fourth-order valence-electron chi connectivity index (χ4n) is 4.51. The van der Waals surface area contributed by atoms with Gasteiger partial charge in [0.05, 0.1) is 29.7 Å². The van der Waals surface area contributed by atoms with Crippen molar-refractivity contribution in [3.63, 3.8) is 0 Å². The van der Waals surface area contributed by atoms with E-state index in [0.29, 0.717) is 46.5 Å². The Kier molecular flexibility index (Phi) is 6.83. The van der Waals surface area contributed by atoms with Crippen molar-refractivity contribution in [2.24, 2.45) is 0 Å². The van der Waals surface area contributed by atoms with Crippen LogP contribution in [0.5, 0.6) is 0 Å². The maximum Gasteiger partial charge on any atom is 0.295 e. The molecule has 0 radical (unpaired) electrons. The maximum atomic E-state index is 13.3. The normalized spacial score (nSPS) is 13.9. The highest BCUT2D eigenvalue weighted by atomic mass is 32.2. The van der Waals surface area contributed by atoms with E-state index in [1.54, 1.807) is 42.3 Å². The number of H-pyrrole nitrogens is 1. The van der Waals surface area contributed by atoms with Gasteiger partial charge in [0, 0.05) is 49.5 Å². The summed E-state index contributed by atoms with van der Waals surface area (Å²) in [4.78, 5) is 58.1. The number of hydrogen-bond donors (Lipinski definition) is 2. The summed E-state index contributed by atoms with van der Waals surface area (Å²) in [7, 11) is -3.51. The SMILES string of the molecule is Cc1cnc(-c2cnc(NS(C)(=O)=O)cn2)c2[nH]cc(C(=O)C(=O)N3CCN(C(=O)c4ccccc4)CC3)c12. The lowest BCUT2D eigenvalue weighted by atomic mass is 10.0. The molecule has 0 aliphatic carbocycles. The number of anilines is 1. The highest BCUT2D eigenvalue weighted by Gasteiger charge is 2.31. The lowest BCUT2D eigenvalue weighted by molar-refractivity contribution is -0.127. The van der Waals surface area contributed by atoms with Crippen LogP contribution in [0.4, 0.5) is 5.82 Å². The predicted octanol–water partition coefficient (Wildman–Crippen LogP) is 1.87. The van der Waals surface area contributed by atoms with Crippen molar-refractivity contribution in [2.75, 3.05) is 37.2 Å². The van der Waals surface area contributed by atoms with Crippen LogP contribution in [0.2, 0.25) is 0 Å². The van der Waals surface area contributed by atoms with Gasteiger partial charge in [0.1, 0.15) is 11.4 Å². The minimum Gasteiger partial charge on any atom is -0.359 e. The number of benzene rings is 1. The van der Waals surface area contributed by atoms with E-state index in [2.05, 4.69) is 24.7 Å². The number of carbonyl (C=O) groups excluding carboxylic acids is 3. The van der Waals surface area contributed by atoms with E-state index < -0.39 is 21.7 Å². The molecule has 13 heteroatoms. The quantitative estimate of drug-likeness (QED) is 0.273. The highest BCUT2D eigenvalue weighted by molar-refractivity contribution is 7.92. The molecule has 0 saturated carbocycles. The maximum absolute atomic E-state index is 13.3. The summed E-state index contributed by atoms with van der Waals surface area (Å²) in [6.07, 6.45) is 6.70. The van der Waals surface area contributed by atoms with Crippen LogP contribution >= 0.6 is 0 Å². The number of aryl methyl sites for hydroxylation is 1. The van der Waals surface area contributed by atoms with E-state index in [0.717, 1.165) is 6.26 Å². The summed E-state index contributed by atoms with van der Waals surface area (Å²) >= 11 is 0. The van der Waals surface area contributed by atoms with E-state index in [-0.39, 0.29) is 30.4 Å². The topological polar surface area (TPSA) is 158 Å². The molecule has 0 spiro atoms. The lowest BCUT2D eigenvalue weighted by Crippen LogP contribution is -2.52. The summed E-state index contributed by atoms with van der Waals surface area (Å²) in [5.74, 6) is -1.35. The van der Waals surface area contributed by atoms with Crippen LogP contribution in [0, 0.1) is 6.92 Å². The van der Waals surface area contributed by atoms with Gasteiger partial charge in [0.15, 0.2) is 5.82 Å². The Bertz CT molecular complexity index is 1680. The minimum absolute atomic E-state index is 0.0584. The number of aromatic amines is 1. The molecule has 1 aliphatic heterocycles. The molecule has 0 unspecified atom stereocenters. The molecule has 12 nitrogen and oxygen atoms in total. The molecule has 4 heterocycles. The van der Waals surface area contributed by atoms with Crippen LogP contribution in [0.3, 0.4) is 0 Å². The van der Waals surface area contributed by atoms with Crippen LogP contribution < -0.4 is 4.72 Å². The smallest absolute Gasteiger partial charge is 0.295 e. The van der Waals surface area contributed by atoms with Crippen LogP contribution in [0.1, 0.15) is 26.3 Å². The molecule has 2 N–H and O–H groups in total. The zero-order chi connectivity index (χ0) is 27.7. The van der Waals surface area contributed by atoms with Crippen molar-refractivity contribution in [1.29, 1.82) is 0 Å². The second-order valence-corrected chi connectivity index (χ2v) is 10.9. The van der Waals surface area contributed by atoms with Crippen molar-refractivity contribution < 1.29 is 22.8 Å². The van der Waals surface area contributed by atoms with Crippen molar-refractivity contribution in [3.05, 3.63) is 71.8 Å². The molecule has 1 aromatic carbocycles. The van der Waals surface area contributed by atoms with Gasteiger partial charge in [-0.25, -0.2) is 18.4 Å². The monoisotopic (exact) mass is 547 g/mol. The predicted molar refractivity (Wildman–Crippen MR) is 144 cm³/mol. The number of nitrogens with zero attached hydrogens (tertiary/aromatic N) is 5. The second kappa shape index (κ2) is 10.3. The number of nitrogens with one attached hydrogen (secondary N) is 2. The van der Waals surface area contributed by atoms with Crippen LogP contribution in [0.25, 0.3) is 22.3 Å². The summed E-state index contributed by atoms with van der Waals surface area (Å²) in [6, 6.07) is 8.94. The molecule has 1 fully saturated rings. The Hall–Kier alpha value is -4.65. The largest absolute Gasteiger partial charge is 0.359 e. The molecule has 39 heavy (non-hydrogen) atoms. The van der Waals surface area contributed by atoms with Gasteiger partial charge in [0.25, 0.3) is 17.6 Å². The molecular weight excluding hydrogens is 522 g/mol. The van der Waals surface area contributed by atoms with E-state index in [1.807, 2.05) is 6.07 Å². The number of hydrogen-bond acceptors (Lipinski definition) is 8. The van der Waals surface area contributed by atoms with E-state index in [9.17, 15) is 22.8 Å². The zero-order valence-electron chi connectivity index (χ0n) is 21.2. The Morgan fingerprint density at radius 2 is 1.62 bits per heavy atom. The minimum atomic E-state index is -3.51. The summed E-state index contributed by atoms with van der Waals surface area (Å²) < 4.78 is 25.1. The molecule has 0 atom stereocenters. The Labute approximate surface area is 224 Å². The average molecular weight is 548 g/mol. The number of piperazine rings is 1. The van der Waals surface area contributed by atoms with Gasteiger partial charge in [-0.3, -0.25) is 24.1 Å². The average Bonchev–Trinajstić information content (AvgIpc) is 3.39. The number of sulfonamides is 1. The Balaban J connectivity index is 1.34. The highest BCUT2D eigenvalue weighted by Crippen LogP contribution is 2.30. The van der Waals surface area contributed by atoms with Crippen molar-refractivity contribution >= 4 is 44.3 Å². The molecule has 0 bridgehead atoms. The molecule has 1 aliphatic rings. The fraction of sp³-hybridized carbons (Fsp3) is 0.231. The number of pyridine rings is 1. The summed E-state index contributed by atoms with van der Waals surface area (Å²) in [5, 5.41) is 0.538. The Morgan fingerprint density at radius 1 is 0.923 bits per heavy atom. The lowest BCUT2D eigenvalue weighted by Gasteiger charge is -2.34. The van der Waals surface area contributed by atoms with Crippen LogP contribution in [0.15, 0.2) is 55.1 Å². The molecule has 2 amide bonds. The number of aromatic nitrogens is 4. The third-order valence-electron chi connectivity index (χ3n) is 6.40. The third-order valence-corrected chi connectivity index (χ3v) is 6.98. The molecule has 3 aromatic heterocycles. The second-order valence-electron chi connectivity index (χ2n) is 9.18. The van der Waals surface area contributed by atoms with Gasteiger partial charge >= 0.3 is 0 Å². The first-order chi connectivity index (χ1) is 18.6. The van der Waals surface area contributed by atoms with Gasteiger partial charge in [0.2, 0.25) is 10.0 Å². The van der Waals surface area contributed by atoms with E-state index in [4.69, 9.17) is 0 Å². The molecule has 200 valence electrons. The van der Waals surface area contributed by atoms with Gasteiger partial charge in [-0.2, -0.15) is 0 Å². The molecule has 4 aromatic rings. The van der Waals surface area contributed by atoms with Crippen molar-refractivity contribution in [1.82, 2.24) is 29.7 Å². The number of carbonyl (C=O) groups is 3. The molecule has 5 rings (SSSR count). The number of fused-ring (bicyclic) bond motifs is 1. The van der Waals surface area contributed by atoms with Crippen LogP contribution in [-0.2, 0) is 14.8 Å². The van der Waals surface area contributed by atoms with Crippen molar-refractivity contribution in [2.45, 2.75) is 6.92 Å². The first kappa shape index (κ1) is 26.0. The summed E-state index contributed by atoms with van der Waals surface area (Å²) in [6.45, 7) is 2.95. The first-order valence-corrected chi connectivity index (χ1v) is 14.0. The van der Waals surface area contributed by atoms with Gasteiger partial charge < -0.3 is 14.8 Å². The first-order valence-electron chi connectivity index (χ1n) is 12.1. The number of amides is 2. The van der Waals surface area contributed by atoms with Gasteiger partial charge in [-0.15, -0.1) is 0 Å². The number of rotatable bonds is 6. The number of ketones is 1. The van der Waals surface area contributed by atoms with Gasteiger partial charge in [-0.05, 0) is 24.6 Å². The third kappa shape index (κ3) is 5.34. The molecule has 1 saturated heterocycles. The zero-order valence-corrected chi connectivity index (χ0v) is 22.0. The van der Waals surface area contributed by atoms with Crippen molar-refractivity contribution in [3.8, 4) is 11.4 Å². The van der Waals surface area contributed by atoms with Crippen LogP contribution in [-0.4, -0.2) is 88.2 Å². The summed E-state index contributed by atoms with van der Waals surface area (Å²) in [5.41, 5.74) is 2.73. The Morgan fingerprint density at radius 3 is 2.26 bits per heavy atom. The molecular formula is C26H25N7O5S. The standard InChI is InChI=1S/C26H25N7O5S/c1-16-12-29-22(19-14-28-20(15-27-19)31-39(2,37)38)23-21(16)18(13-30-23)24(34)26(36)33-10-8-32(9-11-33)25(35)17-6-4-3-5-7-17/h3-7,12-15,30H,8-11H2,1-2H3,(H,28,31).